The largest absolute Gasteiger partial charge is 0.389 e. The number of aliphatic hydroxyl groups excluding tert-OH is 2. The van der Waals surface area contributed by atoms with Crippen LogP contribution < -0.4 is 10.2 Å². The summed E-state index contributed by atoms with van der Waals surface area (Å²) >= 11 is 0. The van der Waals surface area contributed by atoms with Crippen LogP contribution in [0.2, 0.25) is 0 Å². The lowest BCUT2D eigenvalue weighted by Crippen LogP contribution is -2.35. The Morgan fingerprint density at radius 2 is 1.90 bits per heavy atom. The number of hydrogen-bond donors (Lipinski definition) is 3. The van der Waals surface area contributed by atoms with E-state index in [1.807, 2.05) is 18.0 Å². The predicted octanol–water partition coefficient (Wildman–Crippen LogP) is 0.820. The molecule has 0 spiro atoms. The minimum Gasteiger partial charge on any atom is -0.389 e. The summed E-state index contributed by atoms with van der Waals surface area (Å²) in [5, 5.41) is 22.7. The molecule has 5 heteroatoms. The van der Waals surface area contributed by atoms with Gasteiger partial charge >= 0.3 is 0 Å². The lowest BCUT2D eigenvalue weighted by atomic mass is 10.1. The van der Waals surface area contributed by atoms with Crippen LogP contribution in [0.4, 0.5) is 5.82 Å². The molecule has 1 saturated heterocycles. The molecule has 0 amide bonds. The summed E-state index contributed by atoms with van der Waals surface area (Å²) in [4.78, 5) is 6.43. The van der Waals surface area contributed by atoms with Crippen molar-refractivity contribution < 1.29 is 10.2 Å². The van der Waals surface area contributed by atoms with Crippen molar-refractivity contribution in [3.63, 3.8) is 0 Å². The highest BCUT2D eigenvalue weighted by Gasteiger charge is 2.30. The summed E-state index contributed by atoms with van der Waals surface area (Å²) < 4.78 is 0. The van der Waals surface area contributed by atoms with Gasteiger partial charge in [-0.3, -0.25) is 0 Å². The van der Waals surface area contributed by atoms with Crippen molar-refractivity contribution in [2.75, 3.05) is 18.0 Å². The second-order valence-electron chi connectivity index (χ2n) is 6.63. The van der Waals surface area contributed by atoms with E-state index in [-0.39, 0.29) is 5.54 Å². The van der Waals surface area contributed by atoms with Crippen LogP contribution >= 0.6 is 0 Å². The summed E-state index contributed by atoms with van der Waals surface area (Å²) in [6, 6.07) is 2.11. The molecule has 0 aliphatic carbocycles. The zero-order valence-corrected chi connectivity index (χ0v) is 12.7. The number of rotatable bonds is 3. The van der Waals surface area contributed by atoms with Crippen LogP contribution in [0, 0.1) is 6.92 Å². The minimum absolute atomic E-state index is 0.0791. The van der Waals surface area contributed by atoms with Gasteiger partial charge in [0, 0.05) is 31.4 Å². The Balaban J connectivity index is 2.07. The Morgan fingerprint density at radius 1 is 1.30 bits per heavy atom. The summed E-state index contributed by atoms with van der Waals surface area (Å²) in [6.07, 6.45) is 0.495. The molecule has 0 radical (unpaired) electrons. The Labute approximate surface area is 120 Å². The van der Waals surface area contributed by atoms with Gasteiger partial charge in [-0.2, -0.15) is 0 Å². The maximum absolute atomic E-state index is 9.62. The minimum atomic E-state index is -0.682. The van der Waals surface area contributed by atoms with E-state index in [4.69, 9.17) is 0 Å². The van der Waals surface area contributed by atoms with Gasteiger partial charge in [-0.1, -0.05) is 0 Å². The number of aliphatic hydroxyl groups is 2. The van der Waals surface area contributed by atoms with Gasteiger partial charge in [-0.25, -0.2) is 4.98 Å². The Morgan fingerprint density at radius 3 is 2.40 bits per heavy atom. The molecule has 1 fully saturated rings. The monoisotopic (exact) mass is 279 g/mol. The van der Waals surface area contributed by atoms with E-state index in [1.54, 1.807) is 0 Å². The quantitative estimate of drug-likeness (QED) is 0.764. The summed E-state index contributed by atoms with van der Waals surface area (Å²) in [7, 11) is 0. The first-order chi connectivity index (χ1) is 9.26. The first-order valence-electron chi connectivity index (χ1n) is 7.08. The third-order valence-electron chi connectivity index (χ3n) is 3.49. The number of aryl methyl sites for hydroxylation is 1. The zero-order valence-electron chi connectivity index (χ0n) is 12.7. The molecule has 0 aromatic carbocycles. The van der Waals surface area contributed by atoms with E-state index in [0.717, 1.165) is 23.5 Å². The van der Waals surface area contributed by atoms with Crippen molar-refractivity contribution in [1.82, 2.24) is 10.3 Å². The van der Waals surface area contributed by atoms with Gasteiger partial charge in [0.25, 0.3) is 0 Å². The Kier molecular flexibility index (Phi) is 4.32. The Bertz CT molecular complexity index is 461. The van der Waals surface area contributed by atoms with Crippen LogP contribution in [0.25, 0.3) is 0 Å². The number of β-amino-alcohol motifs (C(OH)–C–C–N with tert-alkyl or cyclic N) is 2. The third-order valence-corrected chi connectivity index (χ3v) is 3.49. The fourth-order valence-electron chi connectivity index (χ4n) is 2.36. The second-order valence-corrected chi connectivity index (χ2v) is 6.63. The average molecular weight is 279 g/mol. The molecule has 1 aromatic heterocycles. The molecule has 2 atom stereocenters. The van der Waals surface area contributed by atoms with Gasteiger partial charge in [0.1, 0.15) is 5.82 Å². The van der Waals surface area contributed by atoms with E-state index in [0.29, 0.717) is 13.1 Å². The standard InChI is InChI=1S/C15H25N3O2/c1-10-5-11(7-17-15(2,3)4)6-16-14(10)18-8-12(19)13(20)9-18/h5-6,12-13,17,19-20H,7-9H2,1-4H3. The van der Waals surface area contributed by atoms with Crippen molar-refractivity contribution >= 4 is 5.82 Å². The van der Waals surface area contributed by atoms with Crippen LogP contribution in [0.5, 0.6) is 0 Å². The van der Waals surface area contributed by atoms with Gasteiger partial charge in [-0.15, -0.1) is 0 Å². The van der Waals surface area contributed by atoms with E-state index >= 15 is 0 Å². The first-order valence-corrected chi connectivity index (χ1v) is 7.08. The van der Waals surface area contributed by atoms with Crippen LogP contribution in [0.15, 0.2) is 12.3 Å². The fourth-order valence-corrected chi connectivity index (χ4v) is 2.36. The molecule has 20 heavy (non-hydrogen) atoms. The van der Waals surface area contributed by atoms with Gasteiger partial charge in [0.15, 0.2) is 0 Å². The van der Waals surface area contributed by atoms with E-state index in [9.17, 15) is 10.2 Å². The SMILES string of the molecule is Cc1cc(CNC(C)(C)C)cnc1N1CC(O)C(O)C1. The van der Waals surface area contributed by atoms with Gasteiger partial charge in [0.05, 0.1) is 12.2 Å². The number of aromatic nitrogens is 1. The smallest absolute Gasteiger partial charge is 0.131 e. The van der Waals surface area contributed by atoms with E-state index in [1.165, 1.54) is 0 Å². The lowest BCUT2D eigenvalue weighted by Gasteiger charge is -2.22. The number of anilines is 1. The summed E-state index contributed by atoms with van der Waals surface area (Å²) in [5.74, 6) is 0.847. The van der Waals surface area contributed by atoms with Crippen molar-refractivity contribution in [2.24, 2.45) is 0 Å². The van der Waals surface area contributed by atoms with Crippen molar-refractivity contribution in [3.05, 3.63) is 23.4 Å². The maximum Gasteiger partial charge on any atom is 0.131 e. The first kappa shape index (κ1) is 15.2. The molecule has 1 aromatic rings. The summed E-state index contributed by atoms with van der Waals surface area (Å²) in [6.45, 7) is 10.1. The topological polar surface area (TPSA) is 68.6 Å². The Hall–Kier alpha value is -1.17. The number of hydrogen-bond acceptors (Lipinski definition) is 5. The maximum atomic E-state index is 9.62. The molecule has 1 aliphatic rings. The summed E-state index contributed by atoms with van der Waals surface area (Å²) in [5.41, 5.74) is 2.29. The van der Waals surface area contributed by atoms with Crippen LogP contribution in [-0.4, -0.2) is 46.0 Å². The van der Waals surface area contributed by atoms with Gasteiger partial charge in [-0.05, 0) is 44.9 Å². The van der Waals surface area contributed by atoms with E-state index < -0.39 is 12.2 Å². The molecule has 2 heterocycles. The van der Waals surface area contributed by atoms with Crippen molar-refractivity contribution in [3.8, 4) is 0 Å². The molecule has 5 nitrogen and oxygen atoms in total. The fraction of sp³-hybridized carbons (Fsp3) is 0.667. The molecule has 0 saturated carbocycles. The predicted molar refractivity (Wildman–Crippen MR) is 79.8 cm³/mol. The van der Waals surface area contributed by atoms with Crippen LogP contribution in [-0.2, 0) is 6.54 Å². The number of nitrogens with one attached hydrogen (secondary N) is 1. The highest BCUT2D eigenvalue weighted by molar-refractivity contribution is 5.48. The molecular formula is C15H25N3O2. The average Bonchev–Trinajstić information content (AvgIpc) is 2.66. The number of pyridine rings is 1. The number of nitrogens with zero attached hydrogens (tertiary/aromatic N) is 2. The van der Waals surface area contributed by atoms with Crippen molar-refractivity contribution in [1.29, 1.82) is 0 Å². The van der Waals surface area contributed by atoms with Crippen LogP contribution in [0.3, 0.4) is 0 Å². The molecule has 3 N–H and O–H groups in total. The normalized spacial score (nSPS) is 23.4. The van der Waals surface area contributed by atoms with E-state index in [2.05, 4.69) is 37.1 Å². The molecule has 112 valence electrons. The zero-order chi connectivity index (χ0) is 14.9. The lowest BCUT2D eigenvalue weighted by molar-refractivity contribution is 0.0572. The molecule has 2 unspecified atom stereocenters. The van der Waals surface area contributed by atoms with Gasteiger partial charge in [0.2, 0.25) is 0 Å². The second kappa shape index (κ2) is 5.68. The van der Waals surface area contributed by atoms with Crippen molar-refractivity contribution in [2.45, 2.75) is 52.0 Å². The van der Waals surface area contributed by atoms with Gasteiger partial charge < -0.3 is 20.4 Å². The molecule has 0 bridgehead atoms. The molecule has 2 rings (SSSR count). The molecule has 1 aliphatic heterocycles. The van der Waals surface area contributed by atoms with Crippen LogP contribution in [0.1, 0.15) is 31.9 Å². The third kappa shape index (κ3) is 3.69. The highest BCUT2D eigenvalue weighted by atomic mass is 16.3. The molecular weight excluding hydrogens is 254 g/mol. The highest BCUT2D eigenvalue weighted by Crippen LogP contribution is 2.23.